The van der Waals surface area contributed by atoms with Crippen LogP contribution in [0, 0.1) is 5.92 Å². The lowest BCUT2D eigenvalue weighted by atomic mass is 10.0. The molecular weight excluding hydrogens is 212 g/mol. The van der Waals surface area contributed by atoms with Crippen LogP contribution in [-0.2, 0) is 9.59 Å². The third-order valence-corrected chi connectivity index (χ3v) is 1.58. The molecule has 0 fully saturated rings. The standard InChI is InChI=1S/C8H13F2NO4/c1-4(2)3-5(6(12)13)11-7(14)8(9,10)15/h4-5,15H,3H2,1-2H3,(H,11,14)(H,12,13). The Labute approximate surface area is 85.1 Å². The number of rotatable bonds is 5. The Morgan fingerprint density at radius 1 is 1.40 bits per heavy atom. The van der Waals surface area contributed by atoms with Crippen LogP contribution in [-0.4, -0.2) is 34.2 Å². The van der Waals surface area contributed by atoms with Crippen LogP contribution in [0.5, 0.6) is 0 Å². The van der Waals surface area contributed by atoms with Crippen molar-refractivity contribution in [2.45, 2.75) is 32.4 Å². The first kappa shape index (κ1) is 13.8. The van der Waals surface area contributed by atoms with E-state index >= 15 is 0 Å². The largest absolute Gasteiger partial charge is 0.480 e. The second-order valence-electron chi connectivity index (χ2n) is 3.54. The molecule has 1 atom stereocenters. The van der Waals surface area contributed by atoms with Gasteiger partial charge in [0.1, 0.15) is 6.04 Å². The Balaban J connectivity index is 4.43. The van der Waals surface area contributed by atoms with Gasteiger partial charge in [-0.15, -0.1) is 0 Å². The normalized spacial score (nSPS) is 13.7. The van der Waals surface area contributed by atoms with E-state index in [1.807, 2.05) is 0 Å². The van der Waals surface area contributed by atoms with E-state index in [0.29, 0.717) is 0 Å². The molecule has 7 heteroatoms. The summed E-state index contributed by atoms with van der Waals surface area (Å²) in [6.45, 7) is 3.36. The van der Waals surface area contributed by atoms with E-state index in [-0.39, 0.29) is 12.3 Å². The second kappa shape index (κ2) is 5.01. The maximum atomic E-state index is 12.0. The highest BCUT2D eigenvalue weighted by molar-refractivity contribution is 5.86. The van der Waals surface area contributed by atoms with Crippen molar-refractivity contribution < 1.29 is 28.6 Å². The molecular formula is C8H13F2NO4. The van der Waals surface area contributed by atoms with Crippen LogP contribution in [0.25, 0.3) is 0 Å². The predicted molar refractivity (Wildman–Crippen MR) is 46.2 cm³/mol. The Morgan fingerprint density at radius 3 is 2.13 bits per heavy atom. The number of aliphatic hydroxyl groups is 1. The van der Waals surface area contributed by atoms with Gasteiger partial charge in [-0.1, -0.05) is 13.8 Å². The van der Waals surface area contributed by atoms with Crippen LogP contribution in [0.4, 0.5) is 8.78 Å². The summed E-state index contributed by atoms with van der Waals surface area (Å²) in [7, 11) is 0. The van der Waals surface area contributed by atoms with Gasteiger partial charge < -0.3 is 15.5 Å². The highest BCUT2D eigenvalue weighted by Gasteiger charge is 2.38. The van der Waals surface area contributed by atoms with Crippen LogP contribution in [0.3, 0.4) is 0 Å². The number of hydrogen-bond donors (Lipinski definition) is 3. The molecule has 1 amide bonds. The number of amides is 1. The van der Waals surface area contributed by atoms with Crippen molar-refractivity contribution in [2.75, 3.05) is 0 Å². The van der Waals surface area contributed by atoms with Gasteiger partial charge in [-0.05, 0) is 12.3 Å². The zero-order valence-electron chi connectivity index (χ0n) is 8.33. The van der Waals surface area contributed by atoms with Gasteiger partial charge in [0.05, 0.1) is 0 Å². The van der Waals surface area contributed by atoms with Gasteiger partial charge in [0.2, 0.25) is 0 Å². The minimum atomic E-state index is -4.55. The van der Waals surface area contributed by atoms with E-state index in [4.69, 9.17) is 10.2 Å². The first-order valence-corrected chi connectivity index (χ1v) is 4.28. The number of alkyl halides is 2. The van der Waals surface area contributed by atoms with E-state index in [1.54, 1.807) is 19.2 Å². The van der Waals surface area contributed by atoms with Crippen molar-refractivity contribution in [1.82, 2.24) is 5.32 Å². The lowest BCUT2D eigenvalue weighted by Gasteiger charge is -2.17. The number of nitrogens with one attached hydrogen (secondary N) is 1. The number of hydrogen-bond acceptors (Lipinski definition) is 3. The molecule has 88 valence electrons. The fourth-order valence-corrected chi connectivity index (χ4v) is 0.938. The van der Waals surface area contributed by atoms with Gasteiger partial charge >= 0.3 is 18.0 Å². The molecule has 0 aliphatic heterocycles. The van der Waals surface area contributed by atoms with Gasteiger partial charge in [-0.25, -0.2) is 4.79 Å². The van der Waals surface area contributed by atoms with Crippen molar-refractivity contribution in [3.05, 3.63) is 0 Å². The molecule has 0 aromatic rings. The summed E-state index contributed by atoms with van der Waals surface area (Å²) < 4.78 is 24.1. The van der Waals surface area contributed by atoms with Crippen molar-refractivity contribution in [2.24, 2.45) is 5.92 Å². The topological polar surface area (TPSA) is 86.6 Å². The van der Waals surface area contributed by atoms with Gasteiger partial charge in [-0.2, -0.15) is 8.78 Å². The lowest BCUT2D eigenvalue weighted by Crippen LogP contribution is -2.48. The number of halogens is 2. The molecule has 0 aromatic carbocycles. The minimum Gasteiger partial charge on any atom is -0.480 e. The molecule has 0 spiro atoms. The van der Waals surface area contributed by atoms with Crippen LogP contribution >= 0.6 is 0 Å². The number of aliphatic carboxylic acids is 1. The summed E-state index contributed by atoms with van der Waals surface area (Å²) in [4.78, 5) is 21.1. The Kier molecular flexibility index (Phi) is 4.60. The van der Waals surface area contributed by atoms with Gasteiger partial charge in [0.25, 0.3) is 0 Å². The Morgan fingerprint density at radius 2 is 1.87 bits per heavy atom. The molecule has 0 rings (SSSR count). The number of carboxylic acids is 1. The van der Waals surface area contributed by atoms with Crippen LogP contribution in [0.1, 0.15) is 20.3 Å². The average Bonchev–Trinajstić information content (AvgIpc) is 1.99. The fraction of sp³-hybridized carbons (Fsp3) is 0.750. The molecule has 0 radical (unpaired) electrons. The monoisotopic (exact) mass is 225 g/mol. The SMILES string of the molecule is CC(C)CC(NC(=O)C(O)(F)F)C(=O)O. The van der Waals surface area contributed by atoms with Crippen molar-refractivity contribution in [1.29, 1.82) is 0 Å². The van der Waals surface area contributed by atoms with Crippen molar-refractivity contribution in [3.8, 4) is 0 Å². The third-order valence-electron chi connectivity index (χ3n) is 1.58. The predicted octanol–water partition coefficient (Wildman–Crippen LogP) is 0.187. The van der Waals surface area contributed by atoms with E-state index in [1.165, 1.54) is 0 Å². The Hall–Kier alpha value is -1.24. The molecule has 0 aliphatic carbocycles. The number of carboxylic acid groups (broad SMARTS) is 1. The highest BCUT2D eigenvalue weighted by Crippen LogP contribution is 2.10. The minimum absolute atomic E-state index is 0.0111. The molecule has 0 saturated heterocycles. The maximum absolute atomic E-state index is 12.0. The Bertz CT molecular complexity index is 250. The molecule has 0 saturated carbocycles. The molecule has 3 N–H and O–H groups in total. The van der Waals surface area contributed by atoms with Crippen LogP contribution in [0.2, 0.25) is 0 Å². The average molecular weight is 225 g/mol. The van der Waals surface area contributed by atoms with Crippen molar-refractivity contribution >= 4 is 11.9 Å². The molecule has 1 unspecified atom stereocenters. The second-order valence-corrected chi connectivity index (χ2v) is 3.54. The van der Waals surface area contributed by atoms with E-state index in [0.717, 1.165) is 0 Å². The first-order chi connectivity index (χ1) is 6.64. The molecule has 5 nitrogen and oxygen atoms in total. The van der Waals surface area contributed by atoms with Gasteiger partial charge in [0, 0.05) is 0 Å². The lowest BCUT2D eigenvalue weighted by molar-refractivity contribution is -0.206. The summed E-state index contributed by atoms with van der Waals surface area (Å²) in [5, 5.41) is 18.2. The smallest absolute Gasteiger partial charge is 0.434 e. The van der Waals surface area contributed by atoms with E-state index in [9.17, 15) is 18.4 Å². The van der Waals surface area contributed by atoms with Crippen LogP contribution < -0.4 is 5.32 Å². The van der Waals surface area contributed by atoms with Gasteiger partial charge in [-0.3, -0.25) is 4.79 Å². The summed E-state index contributed by atoms with van der Waals surface area (Å²) in [6.07, 6.45) is -4.54. The van der Waals surface area contributed by atoms with Crippen molar-refractivity contribution in [3.63, 3.8) is 0 Å². The number of carbonyl (C=O) groups excluding carboxylic acids is 1. The fourth-order valence-electron chi connectivity index (χ4n) is 0.938. The molecule has 0 aliphatic rings. The van der Waals surface area contributed by atoms with E-state index < -0.39 is 24.0 Å². The summed E-state index contributed by atoms with van der Waals surface area (Å²) >= 11 is 0. The summed E-state index contributed by atoms with van der Waals surface area (Å²) in [6, 6.07) is -1.42. The zero-order valence-corrected chi connectivity index (χ0v) is 8.33. The zero-order chi connectivity index (χ0) is 12.2. The summed E-state index contributed by atoms with van der Waals surface area (Å²) in [5.74, 6) is -3.50. The third kappa shape index (κ3) is 5.26. The number of carbonyl (C=O) groups is 2. The maximum Gasteiger partial charge on any atom is 0.434 e. The molecule has 0 aromatic heterocycles. The van der Waals surface area contributed by atoms with Gasteiger partial charge in [0.15, 0.2) is 0 Å². The molecule has 15 heavy (non-hydrogen) atoms. The van der Waals surface area contributed by atoms with Crippen LogP contribution in [0.15, 0.2) is 0 Å². The first-order valence-electron chi connectivity index (χ1n) is 4.28. The quantitative estimate of drug-likeness (QED) is 0.623. The summed E-state index contributed by atoms with van der Waals surface area (Å²) in [5.41, 5.74) is 0. The molecule has 0 bridgehead atoms. The highest BCUT2D eigenvalue weighted by atomic mass is 19.3. The van der Waals surface area contributed by atoms with E-state index in [2.05, 4.69) is 0 Å². The molecule has 0 heterocycles.